The van der Waals surface area contributed by atoms with Crippen molar-refractivity contribution in [1.82, 2.24) is 24.5 Å². The largest absolute Gasteiger partial charge is 0.480 e. The molecule has 152 valence electrons. The first-order chi connectivity index (χ1) is 13.8. The van der Waals surface area contributed by atoms with E-state index in [0.29, 0.717) is 23.0 Å². The van der Waals surface area contributed by atoms with Gasteiger partial charge in [0.2, 0.25) is 5.88 Å². The van der Waals surface area contributed by atoms with E-state index in [-0.39, 0.29) is 11.9 Å². The third-order valence-corrected chi connectivity index (χ3v) is 5.08. The quantitative estimate of drug-likeness (QED) is 0.504. The van der Waals surface area contributed by atoms with Crippen molar-refractivity contribution >= 4 is 22.1 Å². The van der Waals surface area contributed by atoms with Gasteiger partial charge in [-0.3, -0.25) is 0 Å². The predicted molar refractivity (Wildman–Crippen MR) is 113 cm³/mol. The highest BCUT2D eigenvalue weighted by atomic mass is 19.1. The second kappa shape index (κ2) is 7.13. The molecule has 0 atom stereocenters. The molecule has 29 heavy (non-hydrogen) atoms. The maximum Gasteiger partial charge on any atom is 0.226 e. The van der Waals surface area contributed by atoms with Crippen LogP contribution in [0, 0.1) is 18.7 Å². The Morgan fingerprint density at radius 2 is 1.90 bits per heavy atom. The van der Waals surface area contributed by atoms with E-state index in [1.165, 1.54) is 6.07 Å². The maximum absolute atomic E-state index is 14.9. The maximum atomic E-state index is 14.9. The zero-order valence-electron chi connectivity index (χ0n) is 17.7. The van der Waals surface area contributed by atoms with E-state index in [1.807, 2.05) is 23.8 Å². The van der Waals surface area contributed by atoms with Crippen LogP contribution >= 0.6 is 0 Å². The number of fused-ring (bicyclic) bond motifs is 2. The van der Waals surface area contributed by atoms with Crippen molar-refractivity contribution in [3.05, 3.63) is 35.8 Å². The molecule has 0 saturated carbocycles. The third kappa shape index (κ3) is 3.24. The number of nitrogens with zero attached hydrogens (tertiary/aromatic N) is 4. The first kappa shape index (κ1) is 19.4. The minimum atomic E-state index is -0.342. The Morgan fingerprint density at radius 3 is 2.55 bits per heavy atom. The van der Waals surface area contributed by atoms with Crippen LogP contribution in [0.25, 0.3) is 33.2 Å². The first-order valence-electron chi connectivity index (χ1n) is 9.90. The molecule has 0 aliphatic heterocycles. The van der Waals surface area contributed by atoms with Crippen molar-refractivity contribution in [1.29, 1.82) is 0 Å². The van der Waals surface area contributed by atoms with E-state index in [9.17, 15) is 4.39 Å². The SMILES string of the molecule is COc1nc(CC(C)C)nc2[nH]cc(-c3cc(F)c4nc(C)n(C(C)C)c4c3)c12. The number of rotatable bonds is 5. The number of benzene rings is 1. The Bertz CT molecular complexity index is 1210. The lowest BCUT2D eigenvalue weighted by atomic mass is 10.0. The molecule has 7 heteroatoms. The molecular weight excluding hydrogens is 369 g/mol. The number of ether oxygens (including phenoxy) is 1. The van der Waals surface area contributed by atoms with Gasteiger partial charge in [0.05, 0.1) is 18.0 Å². The van der Waals surface area contributed by atoms with Crippen LogP contribution in [0.5, 0.6) is 5.88 Å². The fraction of sp³-hybridized carbons (Fsp3) is 0.409. The fourth-order valence-electron chi connectivity index (χ4n) is 3.95. The molecule has 1 aromatic carbocycles. The molecule has 3 heterocycles. The zero-order chi connectivity index (χ0) is 20.9. The average molecular weight is 395 g/mol. The van der Waals surface area contributed by atoms with Gasteiger partial charge in [-0.25, -0.2) is 14.4 Å². The number of nitrogens with one attached hydrogen (secondary N) is 1. The number of methoxy groups -OCH3 is 1. The topological polar surface area (TPSA) is 68.6 Å². The lowest BCUT2D eigenvalue weighted by Crippen LogP contribution is -2.03. The molecule has 0 amide bonds. The first-order valence-corrected chi connectivity index (χ1v) is 9.90. The van der Waals surface area contributed by atoms with Gasteiger partial charge in [-0.05, 0) is 44.4 Å². The number of aryl methyl sites for hydroxylation is 1. The summed E-state index contributed by atoms with van der Waals surface area (Å²) in [6.07, 6.45) is 2.60. The molecule has 0 fully saturated rings. The van der Waals surface area contributed by atoms with E-state index < -0.39 is 0 Å². The Balaban J connectivity index is 1.95. The van der Waals surface area contributed by atoms with Crippen molar-refractivity contribution < 1.29 is 9.13 Å². The highest BCUT2D eigenvalue weighted by Gasteiger charge is 2.20. The monoisotopic (exact) mass is 395 g/mol. The smallest absolute Gasteiger partial charge is 0.226 e. The number of imidazole rings is 1. The van der Waals surface area contributed by atoms with Crippen molar-refractivity contribution in [2.45, 2.75) is 47.1 Å². The summed E-state index contributed by atoms with van der Waals surface area (Å²) in [6, 6.07) is 3.67. The number of halogens is 1. The van der Waals surface area contributed by atoms with Crippen LogP contribution in [0.15, 0.2) is 18.3 Å². The zero-order valence-corrected chi connectivity index (χ0v) is 17.7. The van der Waals surface area contributed by atoms with E-state index in [4.69, 9.17) is 4.74 Å². The Labute approximate surface area is 169 Å². The van der Waals surface area contributed by atoms with Crippen LogP contribution in [0.2, 0.25) is 0 Å². The summed E-state index contributed by atoms with van der Waals surface area (Å²) < 4.78 is 22.6. The molecule has 0 radical (unpaired) electrons. The Morgan fingerprint density at radius 1 is 1.14 bits per heavy atom. The normalized spacial score (nSPS) is 12.0. The van der Waals surface area contributed by atoms with Crippen molar-refractivity contribution in [3.8, 4) is 17.0 Å². The minimum Gasteiger partial charge on any atom is -0.480 e. The van der Waals surface area contributed by atoms with Gasteiger partial charge in [-0.15, -0.1) is 0 Å². The Kier molecular flexibility index (Phi) is 4.76. The van der Waals surface area contributed by atoms with Crippen LogP contribution in [0.1, 0.15) is 45.4 Å². The highest BCUT2D eigenvalue weighted by molar-refractivity contribution is 5.99. The second-order valence-corrected chi connectivity index (χ2v) is 8.12. The molecule has 0 aliphatic rings. The van der Waals surface area contributed by atoms with Gasteiger partial charge in [0, 0.05) is 24.2 Å². The Hall–Kier alpha value is -2.96. The number of hydrogen-bond donors (Lipinski definition) is 1. The molecule has 3 aromatic heterocycles. The van der Waals surface area contributed by atoms with Gasteiger partial charge in [0.1, 0.15) is 22.8 Å². The molecular formula is C22H26FN5O. The second-order valence-electron chi connectivity index (χ2n) is 8.12. The van der Waals surface area contributed by atoms with E-state index in [0.717, 1.165) is 40.1 Å². The van der Waals surface area contributed by atoms with Gasteiger partial charge in [-0.1, -0.05) is 13.8 Å². The average Bonchev–Trinajstić information content (AvgIpc) is 3.21. The van der Waals surface area contributed by atoms with Crippen LogP contribution < -0.4 is 4.74 Å². The molecule has 4 aromatic rings. The lowest BCUT2D eigenvalue weighted by molar-refractivity contribution is 0.399. The standard InChI is InChI=1S/C22H26FN5O/c1-11(2)7-18-26-21-19(22(27-18)29-6)15(10-24-21)14-8-16(23)20-17(9-14)28(12(3)4)13(5)25-20/h8-12H,7H2,1-6H3,(H,24,26,27). The predicted octanol–water partition coefficient (Wildman–Crippen LogP) is 5.21. The minimum absolute atomic E-state index is 0.175. The molecule has 0 saturated heterocycles. The van der Waals surface area contributed by atoms with Crippen LogP contribution in [0.3, 0.4) is 0 Å². The molecule has 6 nitrogen and oxygen atoms in total. The van der Waals surface area contributed by atoms with E-state index >= 15 is 0 Å². The van der Waals surface area contributed by atoms with Gasteiger partial charge in [-0.2, -0.15) is 4.98 Å². The van der Waals surface area contributed by atoms with Crippen molar-refractivity contribution in [3.63, 3.8) is 0 Å². The summed E-state index contributed by atoms with van der Waals surface area (Å²) in [5.41, 5.74) is 3.40. The van der Waals surface area contributed by atoms with Crippen LogP contribution in [-0.4, -0.2) is 31.6 Å². The summed E-state index contributed by atoms with van der Waals surface area (Å²) in [7, 11) is 1.60. The van der Waals surface area contributed by atoms with Crippen molar-refractivity contribution in [2.75, 3.05) is 7.11 Å². The molecule has 1 N–H and O–H groups in total. The number of aromatic nitrogens is 5. The summed E-state index contributed by atoms with van der Waals surface area (Å²) in [6.45, 7) is 10.3. The van der Waals surface area contributed by atoms with E-state index in [1.54, 1.807) is 7.11 Å². The number of hydrogen-bond acceptors (Lipinski definition) is 4. The van der Waals surface area contributed by atoms with E-state index in [2.05, 4.69) is 47.6 Å². The number of H-pyrrole nitrogens is 1. The van der Waals surface area contributed by atoms with Gasteiger partial charge >= 0.3 is 0 Å². The van der Waals surface area contributed by atoms with Gasteiger partial charge in [0.25, 0.3) is 0 Å². The van der Waals surface area contributed by atoms with Gasteiger partial charge < -0.3 is 14.3 Å². The molecule has 0 unspecified atom stereocenters. The lowest BCUT2D eigenvalue weighted by Gasteiger charge is -2.12. The van der Waals surface area contributed by atoms with Crippen LogP contribution in [-0.2, 0) is 6.42 Å². The molecule has 0 bridgehead atoms. The van der Waals surface area contributed by atoms with Gasteiger partial charge in [0.15, 0.2) is 5.82 Å². The molecule has 4 rings (SSSR count). The summed E-state index contributed by atoms with van der Waals surface area (Å²) in [5, 5.41) is 0.756. The van der Waals surface area contributed by atoms with Crippen molar-refractivity contribution in [2.24, 2.45) is 5.92 Å². The summed E-state index contributed by atoms with van der Waals surface area (Å²) >= 11 is 0. The highest BCUT2D eigenvalue weighted by Crippen LogP contribution is 2.36. The summed E-state index contributed by atoms with van der Waals surface area (Å²) in [5.74, 6) is 2.11. The fourth-order valence-corrected chi connectivity index (χ4v) is 3.95. The third-order valence-electron chi connectivity index (χ3n) is 5.08. The van der Waals surface area contributed by atoms with Crippen LogP contribution in [0.4, 0.5) is 4.39 Å². The summed E-state index contributed by atoms with van der Waals surface area (Å²) in [4.78, 5) is 16.9. The molecule has 0 spiro atoms. The number of aromatic amines is 1. The molecule has 0 aliphatic carbocycles.